The number of piperidine rings is 1. The molecule has 1 atom stereocenters. The number of likely N-dealkylation sites (tertiary alicyclic amines) is 1. The zero-order valence-corrected chi connectivity index (χ0v) is 12.7. The van der Waals surface area contributed by atoms with E-state index >= 15 is 0 Å². The largest absolute Gasteiger partial charge is 0.362 e. The molecule has 0 bridgehead atoms. The first kappa shape index (κ1) is 14.0. The molecule has 0 unspecified atom stereocenters. The minimum atomic E-state index is 0.492. The topological polar surface area (TPSA) is 58.9 Å². The lowest BCUT2D eigenvalue weighted by molar-refractivity contribution is 0.248. The van der Waals surface area contributed by atoms with Crippen LogP contribution < -0.4 is 5.32 Å². The molecule has 3 heterocycles. The molecule has 6 nitrogen and oxygen atoms in total. The number of imidazole rings is 1. The van der Waals surface area contributed by atoms with E-state index < -0.39 is 0 Å². The van der Waals surface area contributed by atoms with E-state index in [1.165, 1.54) is 19.4 Å². The molecule has 2 aromatic heterocycles. The Bertz CT molecular complexity index is 593. The van der Waals surface area contributed by atoms with Crippen LogP contribution in [0, 0.1) is 0 Å². The molecule has 1 fully saturated rings. The van der Waals surface area contributed by atoms with Gasteiger partial charge in [-0.05, 0) is 26.4 Å². The van der Waals surface area contributed by atoms with Crippen molar-refractivity contribution >= 4 is 5.82 Å². The Morgan fingerprint density at radius 1 is 1.33 bits per heavy atom. The molecule has 112 valence electrons. The van der Waals surface area contributed by atoms with Gasteiger partial charge in [-0.3, -0.25) is 4.98 Å². The van der Waals surface area contributed by atoms with E-state index in [-0.39, 0.29) is 0 Å². The lowest BCUT2D eigenvalue weighted by Gasteiger charge is -2.29. The van der Waals surface area contributed by atoms with Crippen LogP contribution in [0.15, 0.2) is 24.8 Å². The molecule has 1 N–H and O–H groups in total. The zero-order chi connectivity index (χ0) is 14.7. The number of anilines is 1. The van der Waals surface area contributed by atoms with Gasteiger partial charge in [0.2, 0.25) is 0 Å². The Morgan fingerprint density at radius 3 is 3.00 bits per heavy atom. The maximum atomic E-state index is 4.72. The van der Waals surface area contributed by atoms with Gasteiger partial charge in [-0.25, -0.2) is 9.97 Å². The van der Waals surface area contributed by atoms with Gasteiger partial charge in [0.15, 0.2) is 0 Å². The summed E-state index contributed by atoms with van der Waals surface area (Å²) >= 11 is 0. The summed E-state index contributed by atoms with van der Waals surface area (Å²) in [7, 11) is 4.16. The van der Waals surface area contributed by atoms with Crippen molar-refractivity contribution in [3.05, 3.63) is 36.3 Å². The molecule has 0 saturated carbocycles. The van der Waals surface area contributed by atoms with Gasteiger partial charge >= 0.3 is 0 Å². The number of aromatic nitrogens is 4. The highest BCUT2D eigenvalue weighted by atomic mass is 15.1. The summed E-state index contributed by atoms with van der Waals surface area (Å²) in [4.78, 5) is 15.7. The Kier molecular flexibility index (Phi) is 4.15. The molecule has 0 aromatic carbocycles. The smallest absolute Gasteiger partial charge is 0.145 e. The molecule has 0 spiro atoms. The summed E-state index contributed by atoms with van der Waals surface area (Å²) in [6, 6.07) is 0. The Labute approximate surface area is 125 Å². The molecular weight excluding hydrogens is 264 g/mol. The maximum Gasteiger partial charge on any atom is 0.145 e. The highest BCUT2D eigenvalue weighted by molar-refractivity contribution is 5.32. The van der Waals surface area contributed by atoms with Crippen LogP contribution in [-0.4, -0.2) is 44.6 Å². The second kappa shape index (κ2) is 6.22. The van der Waals surface area contributed by atoms with Crippen LogP contribution >= 0.6 is 0 Å². The fraction of sp³-hybridized carbons (Fsp3) is 0.533. The van der Waals surface area contributed by atoms with Crippen LogP contribution in [0.25, 0.3) is 0 Å². The first-order valence-electron chi connectivity index (χ1n) is 7.43. The van der Waals surface area contributed by atoms with Crippen LogP contribution in [0.1, 0.15) is 30.3 Å². The van der Waals surface area contributed by atoms with Crippen molar-refractivity contribution < 1.29 is 0 Å². The van der Waals surface area contributed by atoms with Crippen molar-refractivity contribution in [1.82, 2.24) is 24.4 Å². The number of nitrogens with zero attached hydrogens (tertiary/aromatic N) is 5. The normalized spacial score (nSPS) is 19.6. The average molecular weight is 286 g/mol. The van der Waals surface area contributed by atoms with Crippen LogP contribution in [0.5, 0.6) is 0 Å². The summed E-state index contributed by atoms with van der Waals surface area (Å²) in [5.41, 5.74) is 1.09. The van der Waals surface area contributed by atoms with Gasteiger partial charge < -0.3 is 14.8 Å². The minimum absolute atomic E-state index is 0.492. The summed E-state index contributed by atoms with van der Waals surface area (Å²) in [5.74, 6) is 2.30. The predicted molar refractivity (Wildman–Crippen MR) is 82.0 cm³/mol. The quantitative estimate of drug-likeness (QED) is 0.926. The van der Waals surface area contributed by atoms with Crippen LogP contribution in [0.4, 0.5) is 5.82 Å². The van der Waals surface area contributed by atoms with Gasteiger partial charge in [0.25, 0.3) is 0 Å². The van der Waals surface area contributed by atoms with Gasteiger partial charge in [0, 0.05) is 38.1 Å². The number of rotatable bonds is 4. The van der Waals surface area contributed by atoms with Crippen LogP contribution in [0.3, 0.4) is 0 Å². The van der Waals surface area contributed by atoms with Gasteiger partial charge in [0.05, 0.1) is 18.4 Å². The second-order valence-electron chi connectivity index (χ2n) is 5.74. The van der Waals surface area contributed by atoms with Gasteiger partial charge in [-0.1, -0.05) is 0 Å². The van der Waals surface area contributed by atoms with Crippen LogP contribution in [0.2, 0.25) is 0 Å². The van der Waals surface area contributed by atoms with Gasteiger partial charge in [-0.15, -0.1) is 0 Å². The SMILES string of the molecule is CN1CCC[C@H](c2cncc(NCc3nccn3C)n2)C1. The number of hydrogen-bond acceptors (Lipinski definition) is 5. The third kappa shape index (κ3) is 3.39. The number of aryl methyl sites for hydroxylation is 1. The highest BCUT2D eigenvalue weighted by Crippen LogP contribution is 2.24. The third-order valence-corrected chi connectivity index (χ3v) is 4.04. The van der Waals surface area contributed by atoms with Crippen molar-refractivity contribution in [1.29, 1.82) is 0 Å². The molecule has 1 saturated heterocycles. The van der Waals surface area contributed by atoms with E-state index in [9.17, 15) is 0 Å². The Balaban J connectivity index is 1.67. The van der Waals surface area contributed by atoms with E-state index in [0.29, 0.717) is 12.5 Å². The van der Waals surface area contributed by atoms with E-state index in [2.05, 4.69) is 27.2 Å². The van der Waals surface area contributed by atoms with Crippen molar-refractivity contribution in [2.24, 2.45) is 7.05 Å². The zero-order valence-electron chi connectivity index (χ0n) is 12.7. The second-order valence-corrected chi connectivity index (χ2v) is 5.74. The maximum absolute atomic E-state index is 4.72. The number of likely N-dealkylation sites (N-methyl/N-ethyl adjacent to an activating group) is 1. The lowest BCUT2D eigenvalue weighted by Crippen LogP contribution is -2.31. The summed E-state index contributed by atoms with van der Waals surface area (Å²) in [6.07, 6.45) is 9.85. The number of hydrogen-bond donors (Lipinski definition) is 1. The van der Waals surface area contributed by atoms with Crippen molar-refractivity contribution in [3.63, 3.8) is 0 Å². The predicted octanol–water partition coefficient (Wildman–Crippen LogP) is 1.63. The van der Waals surface area contributed by atoms with E-state index in [0.717, 1.165) is 23.9 Å². The molecule has 0 aliphatic carbocycles. The van der Waals surface area contributed by atoms with Crippen molar-refractivity contribution in [2.75, 3.05) is 25.5 Å². The monoisotopic (exact) mass is 286 g/mol. The molecule has 1 aliphatic rings. The summed E-state index contributed by atoms with van der Waals surface area (Å²) in [6.45, 7) is 2.91. The fourth-order valence-electron chi connectivity index (χ4n) is 2.81. The first-order valence-corrected chi connectivity index (χ1v) is 7.43. The van der Waals surface area contributed by atoms with Crippen molar-refractivity contribution in [2.45, 2.75) is 25.3 Å². The van der Waals surface area contributed by atoms with Gasteiger partial charge in [0.1, 0.15) is 11.6 Å². The summed E-state index contributed by atoms with van der Waals surface area (Å²) in [5, 5.41) is 3.31. The molecule has 0 radical (unpaired) electrons. The van der Waals surface area contributed by atoms with Gasteiger partial charge in [-0.2, -0.15) is 0 Å². The fourth-order valence-corrected chi connectivity index (χ4v) is 2.81. The van der Waals surface area contributed by atoms with E-state index in [1.54, 1.807) is 12.4 Å². The van der Waals surface area contributed by atoms with E-state index in [1.807, 2.05) is 24.0 Å². The molecule has 2 aromatic rings. The van der Waals surface area contributed by atoms with E-state index in [4.69, 9.17) is 4.98 Å². The van der Waals surface area contributed by atoms with Crippen molar-refractivity contribution in [3.8, 4) is 0 Å². The lowest BCUT2D eigenvalue weighted by atomic mass is 9.95. The molecule has 0 amide bonds. The first-order chi connectivity index (χ1) is 10.2. The Hall–Kier alpha value is -1.95. The third-order valence-electron chi connectivity index (χ3n) is 4.04. The standard InChI is InChI=1S/C15H22N6/c1-20-6-3-4-12(11-20)13-8-16-9-14(19-13)18-10-15-17-5-7-21(15)2/h5,7-9,12H,3-4,6,10-11H2,1-2H3,(H,18,19)/t12-/m0/s1. The van der Waals surface area contributed by atoms with Crippen LogP contribution in [-0.2, 0) is 13.6 Å². The molecule has 1 aliphatic heterocycles. The molecule has 6 heteroatoms. The molecule has 3 rings (SSSR count). The molecular formula is C15H22N6. The number of nitrogens with one attached hydrogen (secondary N) is 1. The average Bonchev–Trinajstić information content (AvgIpc) is 2.91. The molecule has 21 heavy (non-hydrogen) atoms. The summed E-state index contributed by atoms with van der Waals surface area (Å²) < 4.78 is 2.00. The minimum Gasteiger partial charge on any atom is -0.362 e. The highest BCUT2D eigenvalue weighted by Gasteiger charge is 2.20. The Morgan fingerprint density at radius 2 is 2.24 bits per heavy atom.